The maximum absolute atomic E-state index is 11.4. The Kier molecular flexibility index (Phi) is 5.64. The van der Waals surface area contributed by atoms with Gasteiger partial charge in [-0.25, -0.2) is 9.59 Å². The molecule has 0 bridgehead atoms. The van der Waals surface area contributed by atoms with Crippen LogP contribution in [0.25, 0.3) is 0 Å². The Morgan fingerprint density at radius 2 is 2.05 bits per heavy atom. The fraction of sp³-hybridized carbons (Fsp3) is 0.600. The number of carbonyl (C=O) groups excluding carboxylic acids is 1. The molecule has 0 unspecified atom stereocenters. The summed E-state index contributed by atoms with van der Waals surface area (Å²) in [6.45, 7) is 3.72. The zero-order valence-electron chi connectivity index (χ0n) is 10.6. The first-order valence-corrected chi connectivity index (χ1v) is 6.48. The van der Waals surface area contributed by atoms with E-state index < -0.39 is 18.1 Å². The normalized spacial score (nSPS) is 12.2. The zero-order valence-corrected chi connectivity index (χ0v) is 11.4. The third-order valence-electron chi connectivity index (χ3n) is 2.01. The lowest BCUT2D eigenvalue weighted by Crippen LogP contribution is -2.38. The van der Waals surface area contributed by atoms with E-state index in [0.29, 0.717) is 11.0 Å². The average Bonchev–Trinajstić information content (AvgIpc) is 2.72. The fourth-order valence-electron chi connectivity index (χ4n) is 1.15. The zero-order chi connectivity index (χ0) is 14.4. The first kappa shape index (κ1) is 15.3. The summed E-state index contributed by atoms with van der Waals surface area (Å²) in [7, 11) is 0. The highest BCUT2D eigenvalue weighted by molar-refractivity contribution is 7.15. The van der Waals surface area contributed by atoms with Gasteiger partial charge in [-0.15, -0.1) is 10.2 Å². The number of nitrogens with one attached hydrogen (secondary N) is 2. The molecule has 8 nitrogen and oxygen atoms in total. The number of carboxylic acid groups (broad SMARTS) is 1. The van der Waals surface area contributed by atoms with E-state index in [2.05, 4.69) is 34.7 Å². The monoisotopic (exact) mass is 288 g/mol. The molecule has 1 atom stereocenters. The van der Waals surface area contributed by atoms with E-state index in [1.807, 2.05) is 0 Å². The molecule has 0 aromatic carbocycles. The third kappa shape index (κ3) is 5.62. The molecule has 1 aromatic heterocycles. The number of rotatable bonds is 6. The molecule has 4 N–H and O–H groups in total. The number of anilines is 1. The lowest BCUT2D eigenvalue weighted by molar-refractivity contribution is -0.146. The highest BCUT2D eigenvalue weighted by Crippen LogP contribution is 2.17. The first-order chi connectivity index (χ1) is 8.88. The van der Waals surface area contributed by atoms with Crippen LogP contribution in [0.1, 0.15) is 18.9 Å². The van der Waals surface area contributed by atoms with Crippen LogP contribution in [0.15, 0.2) is 0 Å². The summed E-state index contributed by atoms with van der Waals surface area (Å²) in [6.07, 6.45) is -0.852. The van der Waals surface area contributed by atoms with Gasteiger partial charge >= 0.3 is 12.0 Å². The van der Waals surface area contributed by atoms with Crippen molar-refractivity contribution < 1.29 is 19.8 Å². The highest BCUT2D eigenvalue weighted by atomic mass is 32.1. The summed E-state index contributed by atoms with van der Waals surface area (Å²) in [5.74, 6) is -0.948. The van der Waals surface area contributed by atoms with E-state index in [4.69, 9.17) is 10.2 Å². The van der Waals surface area contributed by atoms with E-state index in [9.17, 15) is 9.59 Å². The highest BCUT2D eigenvalue weighted by Gasteiger charge is 2.15. The van der Waals surface area contributed by atoms with Gasteiger partial charge in [-0.05, 0) is 5.92 Å². The van der Waals surface area contributed by atoms with Crippen LogP contribution in [-0.4, -0.2) is 45.1 Å². The van der Waals surface area contributed by atoms with Crippen LogP contribution in [0.4, 0.5) is 9.93 Å². The second kappa shape index (κ2) is 7.00. The van der Waals surface area contributed by atoms with Gasteiger partial charge in [0.1, 0.15) is 5.01 Å². The number of aliphatic carboxylic acids is 1. The van der Waals surface area contributed by atoms with Crippen LogP contribution >= 0.6 is 11.3 Å². The van der Waals surface area contributed by atoms with Crippen LogP contribution in [0.5, 0.6) is 0 Å². The summed E-state index contributed by atoms with van der Waals surface area (Å²) in [6, 6.07) is -0.632. The van der Waals surface area contributed by atoms with Crippen molar-refractivity contribution in [2.75, 3.05) is 11.9 Å². The van der Waals surface area contributed by atoms with Gasteiger partial charge in [0.05, 0.1) is 6.54 Å². The molecular weight excluding hydrogens is 272 g/mol. The number of nitrogens with zero attached hydrogens (tertiary/aromatic N) is 2. The van der Waals surface area contributed by atoms with Crippen molar-refractivity contribution in [3.63, 3.8) is 0 Å². The Bertz CT molecular complexity index is 448. The van der Waals surface area contributed by atoms with Crippen molar-refractivity contribution in [2.24, 2.45) is 5.92 Å². The molecule has 0 radical (unpaired) electrons. The maximum Gasteiger partial charge on any atom is 0.334 e. The lowest BCUT2D eigenvalue weighted by atomic mass is 10.1. The molecule has 1 rings (SSSR count). The van der Waals surface area contributed by atoms with E-state index in [-0.39, 0.29) is 6.54 Å². The largest absolute Gasteiger partial charge is 0.479 e. The smallest absolute Gasteiger partial charge is 0.334 e. The molecule has 0 saturated heterocycles. The molecule has 0 fully saturated rings. The van der Waals surface area contributed by atoms with Gasteiger partial charge in [0, 0.05) is 6.42 Å². The molecule has 0 spiro atoms. The van der Waals surface area contributed by atoms with Crippen LogP contribution in [0.2, 0.25) is 0 Å². The molecule has 9 heteroatoms. The molecule has 0 aliphatic heterocycles. The molecule has 0 aliphatic rings. The molecule has 2 amide bonds. The first-order valence-electron chi connectivity index (χ1n) is 5.66. The molecule has 19 heavy (non-hydrogen) atoms. The Morgan fingerprint density at radius 1 is 1.37 bits per heavy atom. The Morgan fingerprint density at radius 3 is 2.63 bits per heavy atom. The standard InChI is InChI=1S/C10H16N4O4S/c1-5(2)3-7-13-14-10(19-7)12-9(18)11-4-6(15)8(16)17/h5-6,15H,3-4H2,1-2H3,(H,16,17)(H2,11,12,14,18)/t6-/m0/s1. The molecular formula is C10H16N4O4S. The second-order valence-electron chi connectivity index (χ2n) is 4.29. The summed E-state index contributed by atoms with van der Waals surface area (Å²) >= 11 is 1.26. The number of amides is 2. The third-order valence-corrected chi connectivity index (χ3v) is 2.87. The van der Waals surface area contributed by atoms with E-state index in [0.717, 1.165) is 11.4 Å². The summed E-state index contributed by atoms with van der Waals surface area (Å²) in [5.41, 5.74) is 0. The van der Waals surface area contributed by atoms with Gasteiger partial charge in [-0.2, -0.15) is 0 Å². The lowest BCUT2D eigenvalue weighted by Gasteiger charge is -2.07. The molecule has 1 aromatic rings. The summed E-state index contributed by atoms with van der Waals surface area (Å²) in [5, 5.41) is 30.9. The van der Waals surface area contributed by atoms with Gasteiger partial charge in [0.2, 0.25) is 5.13 Å². The van der Waals surface area contributed by atoms with E-state index >= 15 is 0 Å². The minimum atomic E-state index is -1.63. The van der Waals surface area contributed by atoms with E-state index in [1.165, 1.54) is 11.3 Å². The van der Waals surface area contributed by atoms with Crippen molar-refractivity contribution in [2.45, 2.75) is 26.4 Å². The van der Waals surface area contributed by atoms with Crippen LogP contribution in [0.3, 0.4) is 0 Å². The van der Waals surface area contributed by atoms with Crippen molar-refractivity contribution in [3.8, 4) is 0 Å². The molecule has 1 heterocycles. The van der Waals surface area contributed by atoms with E-state index in [1.54, 1.807) is 0 Å². The van der Waals surface area contributed by atoms with Crippen molar-refractivity contribution in [1.29, 1.82) is 0 Å². The number of hydrogen-bond acceptors (Lipinski definition) is 6. The maximum atomic E-state index is 11.4. The van der Waals surface area contributed by atoms with Gasteiger partial charge in [-0.3, -0.25) is 5.32 Å². The number of urea groups is 1. The summed E-state index contributed by atoms with van der Waals surface area (Å²) < 4.78 is 0. The molecule has 0 saturated carbocycles. The molecule has 106 valence electrons. The van der Waals surface area contributed by atoms with Crippen LogP contribution in [0, 0.1) is 5.92 Å². The second-order valence-corrected chi connectivity index (χ2v) is 5.35. The molecule has 0 aliphatic carbocycles. The fourth-order valence-corrected chi connectivity index (χ4v) is 2.10. The number of carbonyl (C=O) groups is 2. The SMILES string of the molecule is CC(C)Cc1nnc(NC(=O)NC[C@H](O)C(=O)O)s1. The van der Waals surface area contributed by atoms with Crippen LogP contribution < -0.4 is 10.6 Å². The van der Waals surface area contributed by atoms with Gasteiger partial charge < -0.3 is 15.5 Å². The van der Waals surface area contributed by atoms with Crippen molar-refractivity contribution in [1.82, 2.24) is 15.5 Å². The topological polar surface area (TPSA) is 124 Å². The number of carboxylic acids is 1. The summed E-state index contributed by atoms with van der Waals surface area (Å²) in [4.78, 5) is 21.7. The number of aliphatic hydroxyl groups excluding tert-OH is 1. The minimum Gasteiger partial charge on any atom is -0.479 e. The van der Waals surface area contributed by atoms with Gasteiger partial charge in [-0.1, -0.05) is 25.2 Å². The predicted octanol–water partition coefficient (Wildman–Crippen LogP) is 0.304. The van der Waals surface area contributed by atoms with Crippen LogP contribution in [-0.2, 0) is 11.2 Å². The number of aliphatic hydroxyl groups is 1. The van der Waals surface area contributed by atoms with Gasteiger partial charge in [0.25, 0.3) is 0 Å². The Hall–Kier alpha value is -1.74. The predicted molar refractivity (Wildman–Crippen MR) is 69.1 cm³/mol. The van der Waals surface area contributed by atoms with Crippen molar-refractivity contribution in [3.05, 3.63) is 5.01 Å². The number of aromatic nitrogens is 2. The number of hydrogen-bond donors (Lipinski definition) is 4. The average molecular weight is 288 g/mol. The van der Waals surface area contributed by atoms with Gasteiger partial charge in [0.15, 0.2) is 6.10 Å². The van der Waals surface area contributed by atoms with Crippen molar-refractivity contribution >= 4 is 28.5 Å². The Labute approximate surface area is 113 Å². The Balaban J connectivity index is 2.40. The minimum absolute atomic E-state index is 0.331. The quantitative estimate of drug-likeness (QED) is 0.597.